The average Bonchev–Trinajstić information content (AvgIpc) is 3.07. The molecule has 4 unspecified atom stereocenters. The van der Waals surface area contributed by atoms with Gasteiger partial charge in [-0.15, -0.1) is 0 Å². The summed E-state index contributed by atoms with van der Waals surface area (Å²) in [5.74, 6) is 1.88. The first-order valence-corrected chi connectivity index (χ1v) is 8.26. The molecule has 5 heteroatoms. The van der Waals surface area contributed by atoms with Crippen LogP contribution in [0.25, 0.3) is 0 Å². The van der Waals surface area contributed by atoms with Gasteiger partial charge in [-0.3, -0.25) is 4.79 Å². The zero-order valence-electron chi connectivity index (χ0n) is 12.8. The lowest BCUT2D eigenvalue weighted by atomic mass is 9.88. The van der Waals surface area contributed by atoms with E-state index in [0.29, 0.717) is 11.8 Å². The van der Waals surface area contributed by atoms with Crippen molar-refractivity contribution < 1.29 is 14.7 Å². The number of hydrogen-bond donors (Lipinski definition) is 2. The number of carboxylic acids is 1. The van der Waals surface area contributed by atoms with Gasteiger partial charge < -0.3 is 15.3 Å². The Morgan fingerprint density at radius 2 is 2.00 bits per heavy atom. The van der Waals surface area contributed by atoms with Crippen molar-refractivity contribution >= 4 is 12.0 Å². The highest BCUT2D eigenvalue weighted by molar-refractivity contribution is 5.75. The van der Waals surface area contributed by atoms with Gasteiger partial charge in [0.25, 0.3) is 0 Å². The van der Waals surface area contributed by atoms with Gasteiger partial charge in [0, 0.05) is 19.6 Å². The van der Waals surface area contributed by atoms with Crippen molar-refractivity contribution in [1.82, 2.24) is 10.2 Å². The van der Waals surface area contributed by atoms with Crippen molar-refractivity contribution in [2.24, 2.45) is 23.7 Å². The summed E-state index contributed by atoms with van der Waals surface area (Å²) in [5.41, 5.74) is 0. The quantitative estimate of drug-likeness (QED) is 0.790. The van der Waals surface area contributed by atoms with Gasteiger partial charge in [0.1, 0.15) is 0 Å². The molecule has 3 saturated carbocycles. The van der Waals surface area contributed by atoms with Crippen LogP contribution in [0.2, 0.25) is 0 Å². The van der Waals surface area contributed by atoms with E-state index in [9.17, 15) is 9.59 Å². The Balaban J connectivity index is 1.48. The Kier molecular flexibility index (Phi) is 4.09. The van der Waals surface area contributed by atoms with Crippen LogP contribution in [0, 0.1) is 23.7 Å². The van der Waals surface area contributed by atoms with E-state index in [1.54, 1.807) is 4.90 Å². The van der Waals surface area contributed by atoms with E-state index < -0.39 is 5.97 Å². The second kappa shape index (κ2) is 5.85. The number of nitrogens with one attached hydrogen (secondary N) is 1. The highest BCUT2D eigenvalue weighted by Crippen LogP contribution is 2.48. The lowest BCUT2D eigenvalue weighted by Crippen LogP contribution is -2.46. The van der Waals surface area contributed by atoms with E-state index in [4.69, 9.17) is 5.11 Å². The van der Waals surface area contributed by atoms with E-state index >= 15 is 0 Å². The lowest BCUT2D eigenvalue weighted by Gasteiger charge is -2.28. The fraction of sp³-hybridized carbons (Fsp3) is 0.875. The van der Waals surface area contributed by atoms with Crippen LogP contribution in [-0.4, -0.2) is 41.6 Å². The van der Waals surface area contributed by atoms with Crippen LogP contribution in [0.1, 0.15) is 44.9 Å². The van der Waals surface area contributed by atoms with Gasteiger partial charge in [-0.25, -0.2) is 4.79 Å². The molecule has 4 atom stereocenters. The molecule has 3 aliphatic carbocycles. The maximum Gasteiger partial charge on any atom is 0.317 e. The molecule has 0 spiro atoms. The van der Waals surface area contributed by atoms with Gasteiger partial charge in [-0.2, -0.15) is 0 Å². The number of hydrogen-bond acceptors (Lipinski definition) is 2. The zero-order chi connectivity index (χ0) is 15.0. The van der Waals surface area contributed by atoms with Crippen LogP contribution in [0.5, 0.6) is 0 Å². The molecule has 0 radical (unpaired) electrons. The van der Waals surface area contributed by atoms with Crippen molar-refractivity contribution in [3.8, 4) is 0 Å². The molecule has 0 aliphatic heterocycles. The maximum atomic E-state index is 12.3. The fourth-order valence-corrected chi connectivity index (χ4v) is 4.33. The minimum atomic E-state index is -0.831. The SMILES string of the molecule is CN(CC1CC2CCC1C2)C(=O)NC(CC(=O)O)C1CC1. The number of nitrogens with zero attached hydrogens (tertiary/aromatic N) is 1. The summed E-state index contributed by atoms with van der Waals surface area (Å²) >= 11 is 0. The van der Waals surface area contributed by atoms with Gasteiger partial charge in [-0.1, -0.05) is 6.42 Å². The maximum absolute atomic E-state index is 12.3. The highest BCUT2D eigenvalue weighted by Gasteiger charge is 2.40. The van der Waals surface area contributed by atoms with E-state index in [1.807, 2.05) is 7.05 Å². The molecule has 3 rings (SSSR count). The number of urea groups is 1. The van der Waals surface area contributed by atoms with Gasteiger partial charge >= 0.3 is 12.0 Å². The Morgan fingerprint density at radius 1 is 1.24 bits per heavy atom. The summed E-state index contributed by atoms with van der Waals surface area (Å²) in [4.78, 5) is 24.9. The monoisotopic (exact) mass is 294 g/mol. The third kappa shape index (κ3) is 3.50. The standard InChI is InChI=1S/C16H26N2O3/c1-18(9-13-7-10-2-3-12(13)6-10)16(21)17-14(8-15(19)20)11-4-5-11/h10-14H,2-9H2,1H3,(H,17,21)(H,19,20). The van der Waals surface area contributed by atoms with Crippen molar-refractivity contribution in [3.63, 3.8) is 0 Å². The second-order valence-corrected chi connectivity index (χ2v) is 7.31. The molecule has 5 nitrogen and oxygen atoms in total. The first-order valence-electron chi connectivity index (χ1n) is 8.26. The molecule has 3 aliphatic rings. The van der Waals surface area contributed by atoms with Crippen LogP contribution >= 0.6 is 0 Å². The second-order valence-electron chi connectivity index (χ2n) is 7.31. The van der Waals surface area contributed by atoms with Gasteiger partial charge in [0.05, 0.1) is 6.42 Å². The van der Waals surface area contributed by atoms with Crippen LogP contribution in [0.3, 0.4) is 0 Å². The number of fused-ring (bicyclic) bond motifs is 2. The van der Waals surface area contributed by atoms with Crippen LogP contribution < -0.4 is 5.32 Å². The molecule has 0 aromatic carbocycles. The molecule has 2 bridgehead atoms. The summed E-state index contributed by atoms with van der Waals surface area (Å²) in [6.07, 6.45) is 7.43. The molecule has 0 saturated heterocycles. The van der Waals surface area contributed by atoms with Crippen LogP contribution in [-0.2, 0) is 4.79 Å². The summed E-state index contributed by atoms with van der Waals surface area (Å²) in [6, 6.07) is -0.298. The molecular weight excluding hydrogens is 268 g/mol. The summed E-state index contributed by atoms with van der Waals surface area (Å²) in [5, 5.41) is 11.9. The van der Waals surface area contributed by atoms with Crippen molar-refractivity contribution in [2.45, 2.75) is 51.0 Å². The Bertz CT molecular complexity index is 422. The normalized spacial score (nSPS) is 32.0. The van der Waals surface area contributed by atoms with Crippen molar-refractivity contribution in [3.05, 3.63) is 0 Å². The van der Waals surface area contributed by atoms with Gasteiger partial charge in [-0.05, 0) is 55.8 Å². The largest absolute Gasteiger partial charge is 0.481 e. The molecular formula is C16H26N2O3. The smallest absolute Gasteiger partial charge is 0.317 e. The van der Waals surface area contributed by atoms with Gasteiger partial charge in [0.2, 0.25) is 0 Å². The molecule has 0 aromatic heterocycles. The lowest BCUT2D eigenvalue weighted by molar-refractivity contribution is -0.137. The number of carboxylic acid groups (broad SMARTS) is 1. The predicted molar refractivity (Wildman–Crippen MR) is 78.9 cm³/mol. The minimum absolute atomic E-state index is 0.0401. The highest BCUT2D eigenvalue weighted by atomic mass is 16.4. The Morgan fingerprint density at radius 3 is 2.52 bits per heavy atom. The molecule has 0 heterocycles. The number of carbonyl (C=O) groups excluding carboxylic acids is 1. The first kappa shape index (κ1) is 14.7. The predicted octanol–water partition coefficient (Wildman–Crippen LogP) is 2.32. The van der Waals surface area contributed by atoms with Crippen LogP contribution in [0.4, 0.5) is 4.79 Å². The zero-order valence-corrected chi connectivity index (χ0v) is 12.8. The summed E-state index contributed by atoms with van der Waals surface area (Å²) < 4.78 is 0. The fourth-order valence-electron chi connectivity index (χ4n) is 4.33. The van der Waals surface area contributed by atoms with Gasteiger partial charge in [0.15, 0.2) is 0 Å². The number of rotatable bonds is 6. The summed E-state index contributed by atoms with van der Waals surface area (Å²) in [6.45, 7) is 0.817. The molecule has 3 fully saturated rings. The van der Waals surface area contributed by atoms with Crippen LogP contribution in [0.15, 0.2) is 0 Å². The molecule has 2 amide bonds. The molecule has 118 valence electrons. The van der Waals surface area contributed by atoms with Crippen molar-refractivity contribution in [2.75, 3.05) is 13.6 Å². The topological polar surface area (TPSA) is 69.6 Å². The summed E-state index contributed by atoms with van der Waals surface area (Å²) in [7, 11) is 1.84. The number of aliphatic carboxylic acids is 1. The average molecular weight is 294 g/mol. The van der Waals surface area contributed by atoms with Crippen molar-refractivity contribution in [1.29, 1.82) is 0 Å². The van der Waals surface area contributed by atoms with E-state index in [0.717, 1.165) is 31.2 Å². The minimum Gasteiger partial charge on any atom is -0.481 e. The Labute approximate surface area is 126 Å². The van der Waals surface area contributed by atoms with E-state index in [-0.39, 0.29) is 18.5 Å². The molecule has 2 N–H and O–H groups in total. The third-order valence-electron chi connectivity index (χ3n) is 5.63. The number of carbonyl (C=O) groups is 2. The molecule has 0 aromatic rings. The number of amides is 2. The Hall–Kier alpha value is -1.26. The third-order valence-corrected chi connectivity index (χ3v) is 5.63. The van der Waals surface area contributed by atoms with E-state index in [2.05, 4.69) is 5.32 Å². The first-order chi connectivity index (χ1) is 10.0. The molecule has 21 heavy (non-hydrogen) atoms. The van der Waals surface area contributed by atoms with E-state index in [1.165, 1.54) is 25.7 Å².